The second kappa shape index (κ2) is 4.01. The van der Waals surface area contributed by atoms with E-state index in [1.165, 1.54) is 5.01 Å². The largest absolute Gasteiger partial charge is 0.327 e. The number of thiazole rings is 1. The molecular formula is C9H16N2S. The summed E-state index contributed by atoms with van der Waals surface area (Å²) in [5.74, 6) is 0.397. The van der Waals surface area contributed by atoms with E-state index in [9.17, 15) is 0 Å². The molecule has 1 aromatic rings. The molecule has 2 atom stereocenters. The minimum absolute atomic E-state index is 0.246. The quantitative estimate of drug-likeness (QED) is 0.782. The van der Waals surface area contributed by atoms with E-state index in [0.29, 0.717) is 5.92 Å². The molecule has 0 aliphatic heterocycles. The number of rotatable bonds is 3. The number of aromatic nitrogens is 1. The molecule has 2 N–H and O–H groups in total. The van der Waals surface area contributed by atoms with Crippen LogP contribution in [-0.4, -0.2) is 11.0 Å². The first kappa shape index (κ1) is 9.68. The molecule has 2 unspecified atom stereocenters. The minimum atomic E-state index is 0.246. The first-order chi connectivity index (χ1) is 5.65. The van der Waals surface area contributed by atoms with Gasteiger partial charge < -0.3 is 5.73 Å². The fraction of sp³-hybridized carbons (Fsp3) is 0.667. The van der Waals surface area contributed by atoms with Gasteiger partial charge in [-0.2, -0.15) is 0 Å². The van der Waals surface area contributed by atoms with Crippen molar-refractivity contribution in [1.82, 2.24) is 4.98 Å². The predicted octanol–water partition coefficient (Wildman–Crippen LogP) is 2.29. The fourth-order valence-electron chi connectivity index (χ4n) is 1.12. The van der Waals surface area contributed by atoms with Gasteiger partial charge in [-0.25, -0.2) is 4.98 Å². The molecule has 0 radical (unpaired) electrons. The smallest absolute Gasteiger partial charge is 0.0971 e. The number of hydrogen-bond donors (Lipinski definition) is 1. The van der Waals surface area contributed by atoms with Crippen molar-refractivity contribution in [3.05, 3.63) is 16.1 Å². The summed E-state index contributed by atoms with van der Waals surface area (Å²) in [5, 5.41) is 3.25. The number of nitrogens with zero attached hydrogens (tertiary/aromatic N) is 1. The van der Waals surface area contributed by atoms with Crippen molar-refractivity contribution in [2.45, 2.75) is 39.2 Å². The van der Waals surface area contributed by atoms with Crippen molar-refractivity contribution < 1.29 is 0 Å². The molecule has 1 aromatic heterocycles. The Bertz CT molecular complexity index is 244. The summed E-state index contributed by atoms with van der Waals surface area (Å²) in [7, 11) is 0. The van der Waals surface area contributed by atoms with Gasteiger partial charge in [0.1, 0.15) is 0 Å². The van der Waals surface area contributed by atoms with E-state index in [2.05, 4.69) is 24.2 Å². The van der Waals surface area contributed by atoms with Crippen LogP contribution in [0.4, 0.5) is 0 Å². The third-order valence-corrected chi connectivity index (χ3v) is 3.30. The Balaban J connectivity index is 2.70. The lowest BCUT2D eigenvalue weighted by atomic mass is 10.0. The average molecular weight is 184 g/mol. The Hall–Kier alpha value is -0.410. The molecular weight excluding hydrogens is 168 g/mol. The van der Waals surface area contributed by atoms with Gasteiger partial charge in [-0.05, 0) is 13.3 Å². The van der Waals surface area contributed by atoms with Crippen LogP contribution in [0.25, 0.3) is 0 Å². The summed E-state index contributed by atoms with van der Waals surface area (Å²) >= 11 is 1.71. The monoisotopic (exact) mass is 184 g/mol. The Labute approximate surface area is 77.8 Å². The van der Waals surface area contributed by atoms with Crippen molar-refractivity contribution in [3.63, 3.8) is 0 Å². The van der Waals surface area contributed by atoms with Gasteiger partial charge in [-0.15, -0.1) is 11.3 Å². The highest BCUT2D eigenvalue weighted by molar-refractivity contribution is 7.09. The van der Waals surface area contributed by atoms with Crippen molar-refractivity contribution in [1.29, 1.82) is 0 Å². The van der Waals surface area contributed by atoms with Crippen LogP contribution >= 0.6 is 11.3 Å². The first-order valence-corrected chi connectivity index (χ1v) is 5.20. The van der Waals surface area contributed by atoms with Crippen LogP contribution in [-0.2, 0) is 0 Å². The molecule has 0 aliphatic carbocycles. The summed E-state index contributed by atoms with van der Waals surface area (Å²) < 4.78 is 0. The van der Waals surface area contributed by atoms with Crippen LogP contribution in [0.2, 0.25) is 0 Å². The Kier molecular flexibility index (Phi) is 3.23. The molecule has 0 amide bonds. The van der Waals surface area contributed by atoms with E-state index in [4.69, 9.17) is 5.73 Å². The lowest BCUT2D eigenvalue weighted by Gasteiger charge is -2.14. The van der Waals surface area contributed by atoms with Crippen LogP contribution < -0.4 is 5.73 Å². The van der Waals surface area contributed by atoms with E-state index in [0.717, 1.165) is 12.1 Å². The highest BCUT2D eigenvalue weighted by Crippen LogP contribution is 2.22. The van der Waals surface area contributed by atoms with Gasteiger partial charge in [-0.1, -0.05) is 13.8 Å². The van der Waals surface area contributed by atoms with Gasteiger partial charge in [0.2, 0.25) is 0 Å². The average Bonchev–Trinajstić information content (AvgIpc) is 2.49. The number of aryl methyl sites for hydroxylation is 1. The van der Waals surface area contributed by atoms with Crippen LogP contribution in [0.3, 0.4) is 0 Å². The zero-order valence-corrected chi connectivity index (χ0v) is 8.69. The van der Waals surface area contributed by atoms with Crippen molar-refractivity contribution in [3.8, 4) is 0 Å². The molecule has 1 rings (SSSR count). The highest BCUT2D eigenvalue weighted by atomic mass is 32.1. The molecule has 0 aliphatic rings. The maximum absolute atomic E-state index is 5.92. The van der Waals surface area contributed by atoms with E-state index in [-0.39, 0.29) is 6.04 Å². The maximum atomic E-state index is 5.92. The Morgan fingerprint density at radius 1 is 1.67 bits per heavy atom. The van der Waals surface area contributed by atoms with Crippen LogP contribution in [0.5, 0.6) is 0 Å². The molecule has 2 nitrogen and oxygen atoms in total. The van der Waals surface area contributed by atoms with Gasteiger partial charge >= 0.3 is 0 Å². The summed E-state index contributed by atoms with van der Waals surface area (Å²) in [6, 6.07) is 0.246. The zero-order valence-electron chi connectivity index (χ0n) is 7.87. The topological polar surface area (TPSA) is 38.9 Å². The van der Waals surface area contributed by atoms with Crippen molar-refractivity contribution >= 4 is 11.3 Å². The normalized spacial score (nSPS) is 16.0. The van der Waals surface area contributed by atoms with E-state index < -0.39 is 0 Å². The molecule has 0 saturated heterocycles. The summed E-state index contributed by atoms with van der Waals surface area (Å²) in [6.07, 6.45) is 1.01. The van der Waals surface area contributed by atoms with E-state index in [1.54, 1.807) is 11.3 Å². The number of nitrogens with two attached hydrogens (primary N) is 1. The SMILES string of the molecule is CCC(N)C(C)c1nc(C)cs1. The molecule has 68 valence electrons. The van der Waals surface area contributed by atoms with Crippen molar-refractivity contribution in [2.75, 3.05) is 0 Å². The molecule has 0 bridgehead atoms. The lowest BCUT2D eigenvalue weighted by Crippen LogP contribution is -2.25. The van der Waals surface area contributed by atoms with Crippen LogP contribution in [0.1, 0.15) is 36.9 Å². The van der Waals surface area contributed by atoms with Crippen molar-refractivity contribution in [2.24, 2.45) is 5.73 Å². The van der Waals surface area contributed by atoms with E-state index >= 15 is 0 Å². The maximum Gasteiger partial charge on any atom is 0.0971 e. The standard InChI is InChI=1S/C9H16N2S/c1-4-8(10)7(3)9-11-6(2)5-12-9/h5,7-8H,4,10H2,1-3H3. The molecule has 12 heavy (non-hydrogen) atoms. The van der Waals surface area contributed by atoms with Crippen LogP contribution in [0, 0.1) is 6.92 Å². The summed E-state index contributed by atoms with van der Waals surface area (Å²) in [5.41, 5.74) is 7.03. The zero-order chi connectivity index (χ0) is 9.14. The minimum Gasteiger partial charge on any atom is -0.327 e. The highest BCUT2D eigenvalue weighted by Gasteiger charge is 2.15. The van der Waals surface area contributed by atoms with Crippen LogP contribution in [0.15, 0.2) is 5.38 Å². The van der Waals surface area contributed by atoms with Gasteiger partial charge in [0, 0.05) is 23.0 Å². The summed E-state index contributed by atoms with van der Waals surface area (Å²) in [4.78, 5) is 4.42. The molecule has 3 heteroatoms. The molecule has 0 aromatic carbocycles. The molecule has 0 spiro atoms. The fourth-order valence-corrected chi connectivity index (χ4v) is 2.05. The van der Waals surface area contributed by atoms with Gasteiger partial charge in [0.25, 0.3) is 0 Å². The number of hydrogen-bond acceptors (Lipinski definition) is 3. The van der Waals surface area contributed by atoms with Gasteiger partial charge in [0.05, 0.1) is 5.01 Å². The molecule has 1 heterocycles. The first-order valence-electron chi connectivity index (χ1n) is 4.32. The summed E-state index contributed by atoms with van der Waals surface area (Å²) in [6.45, 7) is 6.28. The van der Waals surface area contributed by atoms with E-state index in [1.807, 2.05) is 6.92 Å². The second-order valence-electron chi connectivity index (χ2n) is 3.19. The third kappa shape index (κ3) is 2.05. The third-order valence-electron chi connectivity index (χ3n) is 2.14. The predicted molar refractivity (Wildman–Crippen MR) is 53.5 cm³/mol. The Morgan fingerprint density at radius 2 is 2.33 bits per heavy atom. The second-order valence-corrected chi connectivity index (χ2v) is 4.08. The molecule has 0 saturated carbocycles. The van der Waals surface area contributed by atoms with Gasteiger partial charge in [0.15, 0.2) is 0 Å². The lowest BCUT2D eigenvalue weighted by molar-refractivity contribution is 0.548. The molecule has 0 fully saturated rings. The van der Waals surface area contributed by atoms with Gasteiger partial charge in [-0.3, -0.25) is 0 Å². The Morgan fingerprint density at radius 3 is 2.75 bits per heavy atom.